The molecule has 0 radical (unpaired) electrons. The van der Waals surface area contributed by atoms with Crippen LogP contribution in [-0.2, 0) is 0 Å². The van der Waals surface area contributed by atoms with E-state index in [1.807, 2.05) is 23.9 Å². The molecule has 2 aromatic rings. The Morgan fingerprint density at radius 2 is 2.08 bits per heavy atom. The van der Waals surface area contributed by atoms with Crippen molar-refractivity contribution in [3.63, 3.8) is 0 Å². The van der Waals surface area contributed by atoms with Gasteiger partial charge in [-0.2, -0.15) is 0 Å². The number of carbonyl (C=O) groups excluding carboxylic acids is 1. The Hall–Kier alpha value is -2.34. The molecule has 6 heteroatoms. The summed E-state index contributed by atoms with van der Waals surface area (Å²) in [6.07, 6.45) is 0.912. The third kappa shape index (κ3) is 3.14. The lowest BCUT2D eigenvalue weighted by molar-refractivity contribution is 0.0933. The molecule has 4 rings (SSSR count). The summed E-state index contributed by atoms with van der Waals surface area (Å²) in [7, 11) is 1.56. The van der Waals surface area contributed by atoms with Crippen molar-refractivity contribution in [1.82, 2.24) is 5.32 Å². The van der Waals surface area contributed by atoms with Gasteiger partial charge >= 0.3 is 0 Å². The SMILES string of the molecule is COc1cc(C(=O)NC2CCSc3ccccc32)cc2c1OCCO2. The number of carbonyl (C=O) groups is 1. The fourth-order valence-corrected chi connectivity index (χ4v) is 4.26. The first kappa shape index (κ1) is 16.1. The van der Waals surface area contributed by atoms with Crippen LogP contribution in [0.1, 0.15) is 28.4 Å². The summed E-state index contributed by atoms with van der Waals surface area (Å²) in [4.78, 5) is 14.0. The van der Waals surface area contributed by atoms with E-state index in [1.165, 1.54) is 10.5 Å². The molecule has 130 valence electrons. The van der Waals surface area contributed by atoms with Crippen molar-refractivity contribution < 1.29 is 19.0 Å². The summed E-state index contributed by atoms with van der Waals surface area (Å²) in [5.74, 6) is 2.48. The topological polar surface area (TPSA) is 56.8 Å². The molecular weight excluding hydrogens is 338 g/mol. The van der Waals surface area contributed by atoms with Gasteiger partial charge in [0.2, 0.25) is 5.75 Å². The molecule has 1 unspecified atom stereocenters. The molecular formula is C19H19NO4S. The van der Waals surface area contributed by atoms with Gasteiger partial charge in [-0.05, 0) is 30.2 Å². The van der Waals surface area contributed by atoms with Crippen LogP contribution in [0.3, 0.4) is 0 Å². The number of fused-ring (bicyclic) bond motifs is 2. The standard InChI is InChI=1S/C19H19NO4S/c1-22-15-10-12(11-16-18(15)24-8-7-23-16)19(21)20-14-6-9-25-17-5-3-2-4-13(14)17/h2-5,10-11,14H,6-9H2,1H3,(H,20,21). The second-order valence-corrected chi connectivity index (χ2v) is 7.04. The fraction of sp³-hybridized carbons (Fsp3) is 0.316. The zero-order valence-electron chi connectivity index (χ0n) is 13.9. The minimum absolute atomic E-state index is 0.0177. The van der Waals surface area contributed by atoms with E-state index in [2.05, 4.69) is 17.4 Å². The molecule has 25 heavy (non-hydrogen) atoms. The minimum Gasteiger partial charge on any atom is -0.493 e. The maximum absolute atomic E-state index is 12.8. The van der Waals surface area contributed by atoms with E-state index in [0.29, 0.717) is 36.0 Å². The first-order valence-electron chi connectivity index (χ1n) is 8.26. The van der Waals surface area contributed by atoms with Gasteiger partial charge in [0.05, 0.1) is 13.2 Å². The van der Waals surface area contributed by atoms with E-state index in [0.717, 1.165) is 12.2 Å². The molecule has 0 saturated heterocycles. The Morgan fingerprint density at radius 1 is 1.24 bits per heavy atom. The molecule has 0 spiro atoms. The van der Waals surface area contributed by atoms with Crippen LogP contribution in [0.25, 0.3) is 0 Å². The van der Waals surface area contributed by atoms with Gasteiger partial charge in [-0.15, -0.1) is 11.8 Å². The van der Waals surface area contributed by atoms with E-state index in [9.17, 15) is 4.79 Å². The van der Waals surface area contributed by atoms with Gasteiger partial charge in [0.25, 0.3) is 5.91 Å². The van der Waals surface area contributed by atoms with Crippen molar-refractivity contribution in [3.8, 4) is 17.2 Å². The van der Waals surface area contributed by atoms with Crippen LogP contribution in [-0.4, -0.2) is 32.0 Å². The molecule has 0 aliphatic carbocycles. The van der Waals surface area contributed by atoms with Crippen LogP contribution in [0.5, 0.6) is 17.2 Å². The molecule has 0 saturated carbocycles. The summed E-state index contributed by atoms with van der Waals surface area (Å²) < 4.78 is 16.6. The Kier molecular flexibility index (Phi) is 4.44. The summed E-state index contributed by atoms with van der Waals surface area (Å²) in [5, 5.41) is 3.15. The second kappa shape index (κ2) is 6.88. The molecule has 1 N–H and O–H groups in total. The van der Waals surface area contributed by atoms with E-state index in [-0.39, 0.29) is 11.9 Å². The number of ether oxygens (including phenoxy) is 3. The van der Waals surface area contributed by atoms with E-state index < -0.39 is 0 Å². The highest BCUT2D eigenvalue weighted by Gasteiger charge is 2.25. The van der Waals surface area contributed by atoms with Crippen LogP contribution in [0.4, 0.5) is 0 Å². The monoisotopic (exact) mass is 357 g/mol. The Balaban J connectivity index is 1.60. The highest BCUT2D eigenvalue weighted by molar-refractivity contribution is 7.99. The van der Waals surface area contributed by atoms with E-state index >= 15 is 0 Å². The molecule has 2 aromatic carbocycles. The highest BCUT2D eigenvalue weighted by atomic mass is 32.2. The van der Waals surface area contributed by atoms with Crippen LogP contribution in [0.2, 0.25) is 0 Å². The van der Waals surface area contributed by atoms with Crippen molar-refractivity contribution in [2.24, 2.45) is 0 Å². The van der Waals surface area contributed by atoms with Crippen LogP contribution >= 0.6 is 11.8 Å². The molecule has 0 aromatic heterocycles. The predicted molar refractivity (Wildman–Crippen MR) is 96.0 cm³/mol. The van der Waals surface area contributed by atoms with Crippen molar-refractivity contribution in [2.75, 3.05) is 26.1 Å². The Morgan fingerprint density at radius 3 is 2.96 bits per heavy atom. The zero-order chi connectivity index (χ0) is 17.2. The number of benzene rings is 2. The maximum atomic E-state index is 12.8. The van der Waals surface area contributed by atoms with Crippen molar-refractivity contribution in [1.29, 1.82) is 0 Å². The number of methoxy groups -OCH3 is 1. The molecule has 1 atom stereocenters. The Bertz CT molecular complexity index is 791. The van der Waals surface area contributed by atoms with Gasteiger partial charge in [-0.25, -0.2) is 0 Å². The quantitative estimate of drug-likeness (QED) is 0.912. The van der Waals surface area contributed by atoms with Gasteiger partial charge in [0.15, 0.2) is 11.5 Å². The molecule has 5 nitrogen and oxygen atoms in total. The third-order valence-electron chi connectivity index (χ3n) is 4.35. The summed E-state index contributed by atoms with van der Waals surface area (Å²) in [6.45, 7) is 0.944. The third-order valence-corrected chi connectivity index (χ3v) is 5.48. The first-order valence-corrected chi connectivity index (χ1v) is 9.25. The van der Waals surface area contributed by atoms with Gasteiger partial charge in [-0.3, -0.25) is 4.79 Å². The lowest BCUT2D eigenvalue weighted by atomic mass is 10.0. The van der Waals surface area contributed by atoms with Gasteiger partial charge < -0.3 is 19.5 Å². The zero-order valence-corrected chi connectivity index (χ0v) is 14.7. The first-order chi connectivity index (χ1) is 12.3. The lowest BCUT2D eigenvalue weighted by Crippen LogP contribution is -2.30. The number of thioether (sulfide) groups is 1. The number of amides is 1. The summed E-state index contributed by atoms with van der Waals surface area (Å²) in [6, 6.07) is 11.7. The van der Waals surface area contributed by atoms with Crippen LogP contribution < -0.4 is 19.5 Å². The number of hydrogen-bond acceptors (Lipinski definition) is 5. The fourth-order valence-electron chi connectivity index (χ4n) is 3.14. The van der Waals surface area contributed by atoms with E-state index in [4.69, 9.17) is 14.2 Å². The molecule has 2 aliphatic rings. The van der Waals surface area contributed by atoms with E-state index in [1.54, 1.807) is 19.2 Å². The summed E-state index contributed by atoms with van der Waals surface area (Å²) >= 11 is 1.83. The lowest BCUT2D eigenvalue weighted by Gasteiger charge is -2.26. The Labute approximate surface area is 150 Å². The molecule has 1 amide bonds. The maximum Gasteiger partial charge on any atom is 0.252 e. The van der Waals surface area contributed by atoms with Gasteiger partial charge in [-0.1, -0.05) is 18.2 Å². The largest absolute Gasteiger partial charge is 0.493 e. The molecule has 2 aliphatic heterocycles. The average molecular weight is 357 g/mol. The summed E-state index contributed by atoms with van der Waals surface area (Å²) in [5.41, 5.74) is 1.69. The normalized spacial score (nSPS) is 18.2. The van der Waals surface area contributed by atoms with Gasteiger partial charge in [0, 0.05) is 16.2 Å². The smallest absolute Gasteiger partial charge is 0.252 e. The van der Waals surface area contributed by atoms with Crippen LogP contribution in [0, 0.1) is 0 Å². The van der Waals surface area contributed by atoms with Crippen molar-refractivity contribution >= 4 is 17.7 Å². The number of nitrogens with one attached hydrogen (secondary N) is 1. The highest BCUT2D eigenvalue weighted by Crippen LogP contribution is 2.41. The molecule has 0 fully saturated rings. The minimum atomic E-state index is -0.137. The van der Waals surface area contributed by atoms with Crippen LogP contribution in [0.15, 0.2) is 41.3 Å². The molecule has 2 heterocycles. The van der Waals surface area contributed by atoms with Crippen molar-refractivity contribution in [2.45, 2.75) is 17.4 Å². The average Bonchev–Trinajstić information content (AvgIpc) is 2.67. The van der Waals surface area contributed by atoms with Crippen molar-refractivity contribution in [3.05, 3.63) is 47.5 Å². The predicted octanol–water partition coefficient (Wildman–Crippen LogP) is 3.43. The molecule has 0 bridgehead atoms. The second-order valence-electron chi connectivity index (χ2n) is 5.90. The number of rotatable bonds is 3. The van der Waals surface area contributed by atoms with Gasteiger partial charge in [0.1, 0.15) is 13.2 Å². The number of hydrogen-bond donors (Lipinski definition) is 1.